The summed E-state index contributed by atoms with van der Waals surface area (Å²) in [6, 6.07) is 9.75. The maximum absolute atomic E-state index is 12.6. The highest BCUT2D eigenvalue weighted by molar-refractivity contribution is 5.81. The number of hydrogen-bond acceptors (Lipinski definition) is 5. The number of methoxy groups -OCH3 is 3. The fourth-order valence-electron chi connectivity index (χ4n) is 3.55. The van der Waals surface area contributed by atoms with Crippen molar-refractivity contribution in [2.45, 2.75) is 19.4 Å². The second-order valence-electron chi connectivity index (χ2n) is 7.15. The van der Waals surface area contributed by atoms with Crippen LogP contribution >= 0.6 is 0 Å². The lowest BCUT2D eigenvalue weighted by Gasteiger charge is -2.20. The average Bonchev–Trinajstić information content (AvgIpc) is 3.58. The second-order valence-corrected chi connectivity index (χ2v) is 7.15. The van der Waals surface area contributed by atoms with Crippen LogP contribution in [0.5, 0.6) is 23.0 Å². The van der Waals surface area contributed by atoms with Crippen molar-refractivity contribution < 1.29 is 23.7 Å². The molecule has 0 saturated heterocycles. The van der Waals surface area contributed by atoms with Gasteiger partial charge in [0.05, 0.1) is 27.9 Å². The van der Waals surface area contributed by atoms with E-state index in [-0.39, 0.29) is 11.8 Å². The number of amides is 1. The highest BCUT2D eigenvalue weighted by Gasteiger charge is 2.34. The molecule has 1 aliphatic heterocycles. The molecule has 0 aromatic heterocycles. The van der Waals surface area contributed by atoms with Crippen molar-refractivity contribution in [1.82, 2.24) is 4.90 Å². The first kappa shape index (κ1) is 18.5. The van der Waals surface area contributed by atoms with Crippen LogP contribution in [0.25, 0.3) is 11.1 Å². The van der Waals surface area contributed by atoms with Crippen molar-refractivity contribution in [3.05, 3.63) is 35.9 Å². The van der Waals surface area contributed by atoms with Gasteiger partial charge in [0.25, 0.3) is 0 Å². The smallest absolute Gasteiger partial charge is 0.226 e. The third kappa shape index (κ3) is 3.59. The first-order valence-corrected chi connectivity index (χ1v) is 9.49. The van der Waals surface area contributed by atoms with Crippen molar-refractivity contribution in [3.63, 3.8) is 0 Å². The molecule has 1 fully saturated rings. The van der Waals surface area contributed by atoms with Crippen molar-refractivity contribution in [2.75, 3.05) is 34.5 Å². The molecule has 0 unspecified atom stereocenters. The van der Waals surface area contributed by atoms with Gasteiger partial charge in [-0.3, -0.25) is 4.79 Å². The zero-order valence-corrected chi connectivity index (χ0v) is 16.5. The third-order valence-electron chi connectivity index (χ3n) is 5.24. The Hall–Kier alpha value is -2.89. The number of carbonyl (C=O) groups excluding carboxylic acids is 1. The molecule has 1 saturated carbocycles. The highest BCUT2D eigenvalue weighted by Crippen LogP contribution is 2.41. The van der Waals surface area contributed by atoms with Crippen LogP contribution < -0.4 is 18.9 Å². The maximum atomic E-state index is 12.6. The summed E-state index contributed by atoms with van der Waals surface area (Å²) in [4.78, 5) is 14.5. The van der Waals surface area contributed by atoms with Gasteiger partial charge in [0, 0.05) is 24.1 Å². The molecule has 0 atom stereocenters. The third-order valence-corrected chi connectivity index (χ3v) is 5.24. The maximum Gasteiger partial charge on any atom is 0.226 e. The quantitative estimate of drug-likeness (QED) is 0.791. The summed E-state index contributed by atoms with van der Waals surface area (Å²) in [5, 5.41) is 0. The molecule has 0 bridgehead atoms. The van der Waals surface area contributed by atoms with Crippen molar-refractivity contribution in [1.29, 1.82) is 0 Å². The minimum absolute atomic E-state index is 0.189. The Morgan fingerprint density at radius 3 is 2.25 bits per heavy atom. The Labute approximate surface area is 165 Å². The van der Waals surface area contributed by atoms with E-state index in [2.05, 4.69) is 6.07 Å². The van der Waals surface area contributed by atoms with Gasteiger partial charge in [-0.2, -0.15) is 0 Å². The fraction of sp³-hybridized carbons (Fsp3) is 0.409. The zero-order chi connectivity index (χ0) is 19.7. The molecule has 1 aliphatic carbocycles. The van der Waals surface area contributed by atoms with E-state index in [9.17, 15) is 4.79 Å². The monoisotopic (exact) mass is 383 g/mol. The zero-order valence-electron chi connectivity index (χ0n) is 16.5. The molecule has 4 rings (SSSR count). The fourth-order valence-corrected chi connectivity index (χ4v) is 3.55. The van der Waals surface area contributed by atoms with Gasteiger partial charge in [0.15, 0.2) is 11.5 Å². The summed E-state index contributed by atoms with van der Waals surface area (Å²) in [6.45, 7) is 1.58. The normalized spacial score (nSPS) is 15.9. The lowest BCUT2D eigenvalue weighted by Crippen LogP contribution is -2.33. The average molecular weight is 383 g/mol. The number of nitrogens with zero attached hydrogens (tertiary/aromatic N) is 1. The number of rotatable bonds is 5. The van der Waals surface area contributed by atoms with Crippen LogP contribution in [0.15, 0.2) is 30.3 Å². The lowest BCUT2D eigenvalue weighted by molar-refractivity contribution is -0.133. The van der Waals surface area contributed by atoms with Gasteiger partial charge in [0.1, 0.15) is 18.1 Å². The van der Waals surface area contributed by atoms with E-state index in [4.69, 9.17) is 18.9 Å². The summed E-state index contributed by atoms with van der Waals surface area (Å²) in [5.74, 6) is 3.22. The van der Waals surface area contributed by atoms with E-state index in [1.807, 2.05) is 29.2 Å². The summed E-state index contributed by atoms with van der Waals surface area (Å²) in [6.07, 6.45) is 1.99. The largest absolute Gasteiger partial charge is 0.497 e. The van der Waals surface area contributed by atoms with Gasteiger partial charge in [-0.1, -0.05) is 0 Å². The van der Waals surface area contributed by atoms with Crippen LogP contribution in [0.3, 0.4) is 0 Å². The van der Waals surface area contributed by atoms with Gasteiger partial charge in [-0.25, -0.2) is 0 Å². The Morgan fingerprint density at radius 1 is 0.964 bits per heavy atom. The van der Waals surface area contributed by atoms with Gasteiger partial charge in [-0.05, 0) is 48.2 Å². The molecular weight excluding hydrogens is 358 g/mol. The Bertz CT molecular complexity index is 868. The van der Waals surface area contributed by atoms with Crippen molar-refractivity contribution in [3.8, 4) is 34.1 Å². The van der Waals surface area contributed by atoms with E-state index in [0.29, 0.717) is 42.7 Å². The molecule has 2 aromatic rings. The van der Waals surface area contributed by atoms with Crippen molar-refractivity contribution >= 4 is 5.91 Å². The van der Waals surface area contributed by atoms with Gasteiger partial charge >= 0.3 is 0 Å². The molecule has 2 aliphatic rings. The minimum Gasteiger partial charge on any atom is -0.497 e. The molecule has 0 spiro atoms. The number of ether oxygens (including phenoxy) is 4. The number of carbonyl (C=O) groups is 1. The predicted octanol–water partition coefficient (Wildman–Crippen LogP) is 3.51. The van der Waals surface area contributed by atoms with E-state index < -0.39 is 0 Å². The van der Waals surface area contributed by atoms with Crippen LogP contribution in [0.1, 0.15) is 18.4 Å². The Kier molecular flexibility index (Phi) is 5.03. The van der Waals surface area contributed by atoms with Crippen molar-refractivity contribution in [2.24, 2.45) is 5.92 Å². The van der Waals surface area contributed by atoms with E-state index in [1.165, 1.54) is 0 Å². The second kappa shape index (κ2) is 7.62. The van der Waals surface area contributed by atoms with Gasteiger partial charge < -0.3 is 23.8 Å². The van der Waals surface area contributed by atoms with Crippen LogP contribution in [-0.4, -0.2) is 45.3 Å². The van der Waals surface area contributed by atoms with Gasteiger partial charge in [-0.15, -0.1) is 0 Å². The van der Waals surface area contributed by atoms with E-state index in [1.54, 1.807) is 21.3 Å². The first-order valence-electron chi connectivity index (χ1n) is 9.49. The molecule has 6 heteroatoms. The molecule has 0 radical (unpaired) electrons. The van der Waals surface area contributed by atoms with Crippen LogP contribution in [0.4, 0.5) is 0 Å². The van der Waals surface area contributed by atoms with E-state index >= 15 is 0 Å². The SMILES string of the molecule is COc1cc(OC)cc(-c2cc3c(c(OC)c2)OCCN(C(=O)C2CC2)C3)c1. The minimum atomic E-state index is 0.189. The molecule has 1 amide bonds. The van der Waals surface area contributed by atoms with Crippen LogP contribution in [0, 0.1) is 5.92 Å². The van der Waals surface area contributed by atoms with Crippen LogP contribution in [0.2, 0.25) is 0 Å². The Balaban J connectivity index is 1.75. The molecule has 148 valence electrons. The first-order chi connectivity index (χ1) is 13.6. The predicted molar refractivity (Wildman–Crippen MR) is 105 cm³/mol. The molecular formula is C22H25NO5. The van der Waals surface area contributed by atoms with Gasteiger partial charge in [0.2, 0.25) is 5.91 Å². The van der Waals surface area contributed by atoms with E-state index in [0.717, 1.165) is 29.5 Å². The molecule has 2 aromatic carbocycles. The lowest BCUT2D eigenvalue weighted by atomic mass is 10.0. The number of benzene rings is 2. The molecule has 28 heavy (non-hydrogen) atoms. The standard InChI is InChI=1S/C22H25NO5/c1-25-18-9-16(10-19(12-18)26-2)15-8-17-13-23(22(24)14-4-5-14)6-7-28-21(17)20(11-15)27-3/h8-12,14H,4-7,13H2,1-3H3. The Morgan fingerprint density at radius 2 is 1.64 bits per heavy atom. The summed E-state index contributed by atoms with van der Waals surface area (Å²) >= 11 is 0. The number of fused-ring (bicyclic) bond motifs is 1. The summed E-state index contributed by atoms with van der Waals surface area (Å²) in [7, 11) is 4.89. The molecule has 1 heterocycles. The topological polar surface area (TPSA) is 57.2 Å². The molecule has 0 N–H and O–H groups in total. The number of hydrogen-bond donors (Lipinski definition) is 0. The summed E-state index contributed by atoms with van der Waals surface area (Å²) in [5.41, 5.74) is 2.85. The van der Waals surface area contributed by atoms with Crippen LogP contribution in [-0.2, 0) is 11.3 Å². The summed E-state index contributed by atoms with van der Waals surface area (Å²) < 4.78 is 22.4. The molecule has 6 nitrogen and oxygen atoms in total. The highest BCUT2D eigenvalue weighted by atomic mass is 16.5.